The van der Waals surface area contributed by atoms with Crippen LogP contribution < -0.4 is 11.1 Å². The molecule has 1 amide bonds. The van der Waals surface area contributed by atoms with E-state index in [1.165, 1.54) is 11.3 Å². The standard InChI is InChI=1S/C10H12N4O2S/c1-6-13-8(16-14-6)2-4-12-10(15)9-7(11)3-5-17-9/h3,5H,2,4,11H2,1H3,(H,12,15). The number of amides is 1. The fourth-order valence-corrected chi connectivity index (χ4v) is 2.04. The highest BCUT2D eigenvalue weighted by molar-refractivity contribution is 7.12. The Bertz CT molecular complexity index is 520. The maximum Gasteiger partial charge on any atom is 0.263 e. The lowest BCUT2D eigenvalue weighted by molar-refractivity contribution is 0.0958. The van der Waals surface area contributed by atoms with Crippen LogP contribution >= 0.6 is 11.3 Å². The number of aromatic nitrogens is 2. The lowest BCUT2D eigenvalue weighted by atomic mass is 10.3. The zero-order valence-electron chi connectivity index (χ0n) is 9.27. The van der Waals surface area contributed by atoms with Crippen molar-refractivity contribution in [1.82, 2.24) is 15.5 Å². The van der Waals surface area contributed by atoms with Crippen LogP contribution in [-0.2, 0) is 6.42 Å². The third-order valence-corrected chi connectivity index (χ3v) is 3.02. The van der Waals surface area contributed by atoms with Crippen molar-refractivity contribution in [2.75, 3.05) is 12.3 Å². The van der Waals surface area contributed by atoms with E-state index in [2.05, 4.69) is 15.5 Å². The van der Waals surface area contributed by atoms with Crippen LogP contribution in [-0.4, -0.2) is 22.6 Å². The minimum atomic E-state index is -0.172. The molecule has 2 aromatic rings. The molecular formula is C10H12N4O2S. The van der Waals surface area contributed by atoms with Gasteiger partial charge in [-0.25, -0.2) is 0 Å². The van der Waals surface area contributed by atoms with E-state index in [0.717, 1.165) is 0 Å². The molecule has 0 aliphatic heterocycles. The Morgan fingerprint density at radius 2 is 2.47 bits per heavy atom. The van der Waals surface area contributed by atoms with Gasteiger partial charge < -0.3 is 15.6 Å². The largest absolute Gasteiger partial charge is 0.397 e. The first kappa shape index (κ1) is 11.6. The molecule has 0 radical (unpaired) electrons. The van der Waals surface area contributed by atoms with Crippen LogP contribution in [0.15, 0.2) is 16.0 Å². The van der Waals surface area contributed by atoms with Crippen LogP contribution in [0.25, 0.3) is 0 Å². The monoisotopic (exact) mass is 252 g/mol. The van der Waals surface area contributed by atoms with Gasteiger partial charge in [0.2, 0.25) is 5.89 Å². The van der Waals surface area contributed by atoms with Crippen LogP contribution in [0.4, 0.5) is 5.69 Å². The highest BCUT2D eigenvalue weighted by Crippen LogP contribution is 2.18. The van der Waals surface area contributed by atoms with Crippen LogP contribution in [0.1, 0.15) is 21.4 Å². The number of aryl methyl sites for hydroxylation is 1. The van der Waals surface area contributed by atoms with Gasteiger partial charge >= 0.3 is 0 Å². The van der Waals surface area contributed by atoms with Crippen LogP contribution in [0.2, 0.25) is 0 Å². The Hall–Kier alpha value is -1.89. The first-order valence-electron chi connectivity index (χ1n) is 5.07. The normalized spacial score (nSPS) is 10.4. The molecule has 0 aliphatic carbocycles. The number of nitrogens with one attached hydrogen (secondary N) is 1. The Balaban J connectivity index is 1.83. The second-order valence-corrected chi connectivity index (χ2v) is 4.36. The van der Waals surface area contributed by atoms with Crippen molar-refractivity contribution in [3.8, 4) is 0 Å². The first-order chi connectivity index (χ1) is 8.16. The number of nitrogen functional groups attached to an aromatic ring is 1. The summed E-state index contributed by atoms with van der Waals surface area (Å²) in [6, 6.07) is 1.71. The number of thiophene rings is 1. The van der Waals surface area contributed by atoms with E-state index >= 15 is 0 Å². The van der Waals surface area contributed by atoms with E-state index < -0.39 is 0 Å². The van der Waals surface area contributed by atoms with E-state index in [1.54, 1.807) is 18.4 Å². The number of nitrogens with two attached hydrogens (primary N) is 1. The molecular weight excluding hydrogens is 240 g/mol. The summed E-state index contributed by atoms with van der Waals surface area (Å²) in [4.78, 5) is 16.2. The third-order valence-electron chi connectivity index (χ3n) is 2.10. The lowest BCUT2D eigenvalue weighted by Gasteiger charge is -2.01. The van der Waals surface area contributed by atoms with Gasteiger partial charge in [0.1, 0.15) is 4.88 Å². The SMILES string of the molecule is Cc1noc(CCNC(=O)c2sccc2N)n1. The molecule has 0 saturated carbocycles. The van der Waals surface area contributed by atoms with Gasteiger partial charge in [-0.15, -0.1) is 11.3 Å². The molecule has 0 fully saturated rings. The molecule has 0 spiro atoms. The summed E-state index contributed by atoms with van der Waals surface area (Å²) in [7, 11) is 0. The van der Waals surface area contributed by atoms with Gasteiger partial charge in [-0.2, -0.15) is 4.98 Å². The van der Waals surface area contributed by atoms with Gasteiger partial charge in [0.15, 0.2) is 5.82 Å². The van der Waals surface area contributed by atoms with Crippen molar-refractivity contribution >= 4 is 22.9 Å². The average molecular weight is 252 g/mol. The Kier molecular flexibility index (Phi) is 3.38. The Morgan fingerprint density at radius 1 is 1.65 bits per heavy atom. The molecule has 2 aromatic heterocycles. The Labute approximate surface area is 102 Å². The van der Waals surface area contributed by atoms with Crippen molar-refractivity contribution in [2.24, 2.45) is 0 Å². The topological polar surface area (TPSA) is 94.0 Å². The quantitative estimate of drug-likeness (QED) is 0.846. The highest BCUT2D eigenvalue weighted by Gasteiger charge is 2.11. The summed E-state index contributed by atoms with van der Waals surface area (Å²) in [5.74, 6) is 0.935. The molecule has 0 unspecified atom stereocenters. The van der Waals surface area contributed by atoms with Crippen molar-refractivity contribution < 1.29 is 9.32 Å². The maximum absolute atomic E-state index is 11.7. The minimum Gasteiger partial charge on any atom is -0.397 e. The van der Waals surface area contributed by atoms with Crippen molar-refractivity contribution in [2.45, 2.75) is 13.3 Å². The molecule has 17 heavy (non-hydrogen) atoms. The Morgan fingerprint density at radius 3 is 3.06 bits per heavy atom. The highest BCUT2D eigenvalue weighted by atomic mass is 32.1. The molecule has 2 heterocycles. The predicted molar refractivity (Wildman–Crippen MR) is 63.8 cm³/mol. The van der Waals surface area contributed by atoms with E-state index in [1.807, 2.05) is 0 Å². The molecule has 0 aromatic carbocycles. The molecule has 90 valence electrons. The fraction of sp³-hybridized carbons (Fsp3) is 0.300. The van der Waals surface area contributed by atoms with Gasteiger partial charge in [-0.3, -0.25) is 4.79 Å². The van der Waals surface area contributed by atoms with Crippen molar-refractivity contribution in [3.63, 3.8) is 0 Å². The van der Waals surface area contributed by atoms with E-state index in [4.69, 9.17) is 10.3 Å². The molecule has 0 bridgehead atoms. The van der Waals surface area contributed by atoms with Gasteiger partial charge in [0, 0.05) is 13.0 Å². The fourth-order valence-electron chi connectivity index (χ4n) is 1.31. The molecule has 0 atom stereocenters. The number of carbonyl (C=O) groups excluding carboxylic acids is 1. The summed E-state index contributed by atoms with van der Waals surface area (Å²) < 4.78 is 4.93. The van der Waals surface area contributed by atoms with Crippen molar-refractivity contribution in [3.05, 3.63) is 28.0 Å². The zero-order valence-corrected chi connectivity index (χ0v) is 10.1. The van der Waals surface area contributed by atoms with Crippen LogP contribution in [0.3, 0.4) is 0 Å². The second-order valence-electron chi connectivity index (χ2n) is 3.45. The number of rotatable bonds is 4. The van der Waals surface area contributed by atoms with E-state index in [9.17, 15) is 4.79 Å². The maximum atomic E-state index is 11.7. The molecule has 2 rings (SSSR count). The zero-order chi connectivity index (χ0) is 12.3. The number of hydrogen-bond donors (Lipinski definition) is 2. The summed E-state index contributed by atoms with van der Waals surface area (Å²) >= 11 is 1.32. The van der Waals surface area contributed by atoms with E-state index in [-0.39, 0.29) is 5.91 Å². The summed E-state index contributed by atoms with van der Waals surface area (Å²) in [6.07, 6.45) is 0.512. The summed E-state index contributed by atoms with van der Waals surface area (Å²) in [6.45, 7) is 2.19. The first-order valence-corrected chi connectivity index (χ1v) is 5.95. The van der Waals surface area contributed by atoms with Crippen molar-refractivity contribution in [1.29, 1.82) is 0 Å². The smallest absolute Gasteiger partial charge is 0.263 e. The number of anilines is 1. The molecule has 0 aliphatic rings. The van der Waals surface area contributed by atoms with Gasteiger partial charge in [-0.05, 0) is 18.4 Å². The lowest BCUT2D eigenvalue weighted by Crippen LogP contribution is -2.25. The number of nitrogens with zero attached hydrogens (tertiary/aromatic N) is 2. The molecule has 3 N–H and O–H groups in total. The predicted octanol–water partition coefficient (Wildman–Crippen LogP) is 0.994. The summed E-state index contributed by atoms with van der Waals surface area (Å²) in [5.41, 5.74) is 6.14. The molecule has 0 saturated heterocycles. The van der Waals surface area contributed by atoms with Crippen LogP contribution in [0, 0.1) is 6.92 Å². The minimum absolute atomic E-state index is 0.172. The van der Waals surface area contributed by atoms with Gasteiger partial charge in [-0.1, -0.05) is 5.16 Å². The molecule has 6 nitrogen and oxygen atoms in total. The number of carbonyl (C=O) groups is 1. The second kappa shape index (κ2) is 4.96. The van der Waals surface area contributed by atoms with Gasteiger partial charge in [0.05, 0.1) is 5.69 Å². The number of hydrogen-bond acceptors (Lipinski definition) is 6. The van der Waals surface area contributed by atoms with Crippen LogP contribution in [0.5, 0.6) is 0 Å². The van der Waals surface area contributed by atoms with E-state index in [0.29, 0.717) is 35.2 Å². The van der Waals surface area contributed by atoms with Gasteiger partial charge in [0.25, 0.3) is 5.91 Å². The average Bonchev–Trinajstić information content (AvgIpc) is 2.87. The molecule has 7 heteroatoms. The summed E-state index contributed by atoms with van der Waals surface area (Å²) in [5, 5.41) is 8.19. The third kappa shape index (κ3) is 2.82.